The first-order chi connectivity index (χ1) is 12.0. The molecule has 0 unspecified atom stereocenters. The third-order valence-corrected chi connectivity index (χ3v) is 3.98. The fourth-order valence-electron chi connectivity index (χ4n) is 2.17. The highest BCUT2D eigenvalue weighted by atomic mass is 79.9. The van der Waals surface area contributed by atoms with Crippen LogP contribution in [0.4, 0.5) is 4.39 Å². The molecule has 25 heavy (non-hydrogen) atoms. The molecule has 0 aliphatic carbocycles. The lowest BCUT2D eigenvalue weighted by Crippen LogP contribution is -2.11. The lowest BCUT2D eigenvalue weighted by molar-refractivity contribution is -0.148. The number of hydrogen-bond acceptors (Lipinski definition) is 5. The number of rotatable bonds is 5. The highest BCUT2D eigenvalue weighted by molar-refractivity contribution is 9.10. The molecule has 0 amide bonds. The number of esters is 1. The number of nitrogens with zero attached hydrogens (tertiary/aromatic N) is 2. The number of carbonyl (C=O) groups excluding carboxylic acids is 1. The monoisotopic (exact) mass is 404 g/mol. The van der Waals surface area contributed by atoms with E-state index < -0.39 is 12.1 Å². The smallest absolute Gasteiger partial charge is 0.311 e. The predicted molar refractivity (Wildman–Crippen MR) is 92.0 cm³/mol. The van der Waals surface area contributed by atoms with Gasteiger partial charge in [-0.1, -0.05) is 28.1 Å². The molecule has 7 heteroatoms. The van der Waals surface area contributed by atoms with Crippen molar-refractivity contribution in [1.82, 2.24) is 10.2 Å². The first-order valence-corrected chi connectivity index (χ1v) is 8.34. The van der Waals surface area contributed by atoms with Crippen LogP contribution in [0.3, 0.4) is 0 Å². The molecule has 0 spiro atoms. The van der Waals surface area contributed by atoms with Gasteiger partial charge in [0.2, 0.25) is 5.89 Å². The van der Waals surface area contributed by atoms with Crippen LogP contribution >= 0.6 is 15.9 Å². The average molecular weight is 405 g/mol. The molecule has 0 bridgehead atoms. The van der Waals surface area contributed by atoms with Gasteiger partial charge >= 0.3 is 5.97 Å². The molecule has 3 rings (SSSR count). The van der Waals surface area contributed by atoms with Crippen LogP contribution in [0.25, 0.3) is 11.5 Å². The summed E-state index contributed by atoms with van der Waals surface area (Å²) in [6.45, 7) is 1.65. The summed E-state index contributed by atoms with van der Waals surface area (Å²) in [5.41, 5.74) is 1.44. The number of ether oxygens (including phenoxy) is 1. The minimum atomic E-state index is -0.676. The standard InChI is InChI=1S/C18H14BrFN2O3/c1-11(24-16(23)10-12-2-6-14(19)7-3-12)17-21-22-18(25-17)13-4-8-15(20)9-5-13/h2-9,11H,10H2,1H3/t11-/m0/s1. The Balaban J connectivity index is 1.63. The molecule has 1 atom stereocenters. The summed E-state index contributed by atoms with van der Waals surface area (Å²) in [6, 6.07) is 13.1. The van der Waals surface area contributed by atoms with Gasteiger partial charge in [-0.3, -0.25) is 4.79 Å². The van der Waals surface area contributed by atoms with Gasteiger partial charge < -0.3 is 9.15 Å². The Bertz CT molecular complexity index is 863. The maximum absolute atomic E-state index is 13.0. The topological polar surface area (TPSA) is 65.2 Å². The largest absolute Gasteiger partial charge is 0.452 e. The second kappa shape index (κ2) is 7.57. The molecule has 1 aromatic heterocycles. The Kier molecular flexibility index (Phi) is 5.23. The summed E-state index contributed by atoms with van der Waals surface area (Å²) < 4.78 is 24.7. The molecule has 3 aromatic rings. The van der Waals surface area contributed by atoms with E-state index in [1.165, 1.54) is 24.3 Å². The fraction of sp³-hybridized carbons (Fsp3) is 0.167. The van der Waals surface area contributed by atoms with E-state index in [0.717, 1.165) is 10.0 Å². The molecule has 0 aliphatic heterocycles. The van der Waals surface area contributed by atoms with Crippen molar-refractivity contribution in [3.05, 3.63) is 70.3 Å². The highest BCUT2D eigenvalue weighted by Crippen LogP contribution is 2.23. The van der Waals surface area contributed by atoms with E-state index in [4.69, 9.17) is 9.15 Å². The van der Waals surface area contributed by atoms with Crippen molar-refractivity contribution in [2.45, 2.75) is 19.4 Å². The molecule has 2 aromatic carbocycles. The summed E-state index contributed by atoms with van der Waals surface area (Å²) in [4.78, 5) is 12.0. The lowest BCUT2D eigenvalue weighted by atomic mass is 10.1. The van der Waals surface area contributed by atoms with Crippen molar-refractivity contribution in [3.8, 4) is 11.5 Å². The van der Waals surface area contributed by atoms with E-state index in [1.54, 1.807) is 6.92 Å². The van der Waals surface area contributed by atoms with Gasteiger partial charge in [-0.15, -0.1) is 10.2 Å². The normalized spacial score (nSPS) is 12.0. The van der Waals surface area contributed by atoms with Crippen LogP contribution in [0.5, 0.6) is 0 Å². The van der Waals surface area contributed by atoms with Gasteiger partial charge in [-0.25, -0.2) is 4.39 Å². The summed E-state index contributed by atoms with van der Waals surface area (Å²) in [5, 5.41) is 7.80. The summed E-state index contributed by atoms with van der Waals surface area (Å²) in [7, 11) is 0. The zero-order valence-electron chi connectivity index (χ0n) is 13.3. The third kappa shape index (κ3) is 4.51. The molecular weight excluding hydrogens is 391 g/mol. The van der Waals surface area contributed by atoms with Crippen molar-refractivity contribution in [2.75, 3.05) is 0 Å². The summed E-state index contributed by atoms with van der Waals surface area (Å²) in [5.74, 6) is -0.315. The van der Waals surface area contributed by atoms with Crippen molar-refractivity contribution in [1.29, 1.82) is 0 Å². The van der Waals surface area contributed by atoms with Crippen LogP contribution in [-0.2, 0) is 16.0 Å². The second-order valence-electron chi connectivity index (χ2n) is 5.39. The number of halogens is 2. The Labute approximate surface area is 152 Å². The first-order valence-electron chi connectivity index (χ1n) is 7.54. The SMILES string of the molecule is C[C@H](OC(=O)Cc1ccc(Br)cc1)c1nnc(-c2ccc(F)cc2)o1. The van der Waals surface area contributed by atoms with Crippen molar-refractivity contribution in [2.24, 2.45) is 0 Å². The Morgan fingerprint density at radius 3 is 2.52 bits per heavy atom. The summed E-state index contributed by atoms with van der Waals surface area (Å²) >= 11 is 3.34. The quantitative estimate of drug-likeness (QED) is 0.586. The van der Waals surface area contributed by atoms with E-state index in [9.17, 15) is 9.18 Å². The molecule has 5 nitrogen and oxygen atoms in total. The maximum atomic E-state index is 13.0. The Hall–Kier alpha value is -2.54. The average Bonchev–Trinajstić information content (AvgIpc) is 3.08. The molecule has 128 valence electrons. The van der Waals surface area contributed by atoms with E-state index in [1.807, 2.05) is 24.3 Å². The van der Waals surface area contributed by atoms with Crippen molar-refractivity contribution >= 4 is 21.9 Å². The van der Waals surface area contributed by atoms with Gasteiger partial charge in [0.15, 0.2) is 6.10 Å². The number of carbonyl (C=O) groups is 1. The third-order valence-electron chi connectivity index (χ3n) is 3.45. The van der Waals surface area contributed by atoms with Crippen LogP contribution in [0.2, 0.25) is 0 Å². The maximum Gasteiger partial charge on any atom is 0.311 e. The van der Waals surface area contributed by atoms with Crippen LogP contribution in [0, 0.1) is 5.82 Å². The first kappa shape index (κ1) is 17.3. The molecule has 0 N–H and O–H groups in total. The van der Waals surface area contributed by atoms with Crippen LogP contribution < -0.4 is 0 Å². The molecule has 0 fully saturated rings. The fourth-order valence-corrected chi connectivity index (χ4v) is 2.43. The summed E-state index contributed by atoms with van der Waals surface area (Å²) in [6.07, 6.45) is -0.527. The van der Waals surface area contributed by atoms with Crippen LogP contribution in [0.15, 0.2) is 57.4 Å². The molecule has 0 aliphatic rings. The van der Waals surface area contributed by atoms with Gasteiger partial charge in [0.05, 0.1) is 6.42 Å². The van der Waals surface area contributed by atoms with E-state index >= 15 is 0 Å². The second-order valence-corrected chi connectivity index (χ2v) is 6.30. The molecule has 1 heterocycles. The van der Waals surface area contributed by atoms with Gasteiger partial charge in [0, 0.05) is 10.0 Å². The van der Waals surface area contributed by atoms with E-state index in [2.05, 4.69) is 26.1 Å². The van der Waals surface area contributed by atoms with E-state index in [-0.39, 0.29) is 24.0 Å². The number of benzene rings is 2. The minimum Gasteiger partial charge on any atom is -0.452 e. The van der Waals surface area contributed by atoms with Crippen LogP contribution in [-0.4, -0.2) is 16.2 Å². The number of hydrogen-bond donors (Lipinski definition) is 0. The number of aromatic nitrogens is 2. The highest BCUT2D eigenvalue weighted by Gasteiger charge is 2.19. The molecule has 0 saturated heterocycles. The van der Waals surface area contributed by atoms with E-state index in [0.29, 0.717) is 5.56 Å². The predicted octanol–water partition coefficient (Wildman–Crippen LogP) is 4.49. The molecule has 0 saturated carbocycles. The van der Waals surface area contributed by atoms with Crippen LogP contribution in [0.1, 0.15) is 24.5 Å². The Morgan fingerprint density at radius 1 is 1.16 bits per heavy atom. The van der Waals surface area contributed by atoms with Gasteiger partial charge in [-0.05, 0) is 48.9 Å². The lowest BCUT2D eigenvalue weighted by Gasteiger charge is -2.09. The van der Waals surface area contributed by atoms with Gasteiger partial charge in [0.1, 0.15) is 5.82 Å². The zero-order valence-corrected chi connectivity index (χ0v) is 14.9. The minimum absolute atomic E-state index is 0.149. The van der Waals surface area contributed by atoms with Crippen molar-refractivity contribution in [3.63, 3.8) is 0 Å². The molecular formula is C18H14BrFN2O3. The van der Waals surface area contributed by atoms with Gasteiger partial charge in [0.25, 0.3) is 5.89 Å². The van der Waals surface area contributed by atoms with Crippen molar-refractivity contribution < 1.29 is 18.3 Å². The zero-order chi connectivity index (χ0) is 17.8. The van der Waals surface area contributed by atoms with Gasteiger partial charge in [-0.2, -0.15) is 0 Å². The Morgan fingerprint density at radius 2 is 1.84 bits per heavy atom. The molecule has 0 radical (unpaired) electrons.